The van der Waals surface area contributed by atoms with Crippen molar-refractivity contribution in [3.8, 4) is 0 Å². The van der Waals surface area contributed by atoms with Crippen molar-refractivity contribution in [2.45, 2.75) is 70.9 Å². The molecule has 120 valence electrons. The van der Waals surface area contributed by atoms with Crippen LogP contribution in [0.5, 0.6) is 0 Å². The summed E-state index contributed by atoms with van der Waals surface area (Å²) >= 11 is 0. The van der Waals surface area contributed by atoms with E-state index in [1.54, 1.807) is 0 Å². The Labute approximate surface area is 127 Å². The van der Waals surface area contributed by atoms with Gasteiger partial charge in [-0.15, -0.1) is 0 Å². The molecule has 0 aromatic carbocycles. The summed E-state index contributed by atoms with van der Waals surface area (Å²) in [7, 11) is 0. The number of nitrogens with one attached hydrogen (secondary N) is 2. The third kappa shape index (κ3) is 5.21. The molecule has 0 radical (unpaired) electrons. The van der Waals surface area contributed by atoms with Crippen molar-refractivity contribution in [3.63, 3.8) is 0 Å². The number of carbonyl (C=O) groups excluding carboxylic acids is 2. The van der Waals surface area contributed by atoms with E-state index >= 15 is 0 Å². The highest BCUT2D eigenvalue weighted by Gasteiger charge is 2.44. The van der Waals surface area contributed by atoms with Crippen molar-refractivity contribution >= 4 is 12.0 Å². The van der Waals surface area contributed by atoms with Crippen molar-refractivity contribution in [1.82, 2.24) is 10.6 Å². The standard InChI is InChI=1S/C16H28N2O3/c1-11(12-5-6-12)13(19)17-10-9-16(7-8-16)18-14(20)21-15(2,3)4/h11-12H,5-10H2,1-4H3,(H,17,19)(H,18,20)/t11-/m0/s1. The molecule has 0 spiro atoms. The third-order valence-electron chi connectivity index (χ3n) is 4.27. The first kappa shape index (κ1) is 16.1. The molecule has 2 aliphatic rings. The van der Waals surface area contributed by atoms with Gasteiger partial charge in [-0.3, -0.25) is 4.79 Å². The number of rotatable bonds is 6. The highest BCUT2D eigenvalue weighted by atomic mass is 16.6. The Morgan fingerprint density at radius 1 is 1.29 bits per heavy atom. The average molecular weight is 296 g/mol. The smallest absolute Gasteiger partial charge is 0.408 e. The van der Waals surface area contributed by atoms with E-state index in [0.29, 0.717) is 12.5 Å². The van der Waals surface area contributed by atoms with Gasteiger partial charge in [-0.25, -0.2) is 4.79 Å². The first-order chi connectivity index (χ1) is 9.71. The van der Waals surface area contributed by atoms with Crippen molar-refractivity contribution in [2.75, 3.05) is 6.54 Å². The summed E-state index contributed by atoms with van der Waals surface area (Å²) in [5.41, 5.74) is -0.646. The Morgan fingerprint density at radius 3 is 2.38 bits per heavy atom. The Morgan fingerprint density at radius 2 is 1.90 bits per heavy atom. The number of amides is 2. The Kier molecular flexibility index (Phi) is 4.49. The fourth-order valence-electron chi connectivity index (χ4n) is 2.50. The zero-order valence-electron chi connectivity index (χ0n) is 13.6. The maximum atomic E-state index is 11.9. The van der Waals surface area contributed by atoms with Crippen LogP contribution in [0.3, 0.4) is 0 Å². The van der Waals surface area contributed by atoms with Gasteiger partial charge >= 0.3 is 6.09 Å². The van der Waals surface area contributed by atoms with Crippen LogP contribution < -0.4 is 10.6 Å². The predicted molar refractivity (Wildman–Crippen MR) is 80.8 cm³/mol. The fourth-order valence-corrected chi connectivity index (χ4v) is 2.50. The van der Waals surface area contributed by atoms with Gasteiger partial charge in [0.05, 0.1) is 0 Å². The molecule has 2 saturated carbocycles. The molecule has 2 aliphatic carbocycles. The summed E-state index contributed by atoms with van der Waals surface area (Å²) in [5, 5.41) is 5.94. The molecule has 2 rings (SSSR count). The minimum Gasteiger partial charge on any atom is -0.444 e. The molecular weight excluding hydrogens is 268 g/mol. The Balaban J connectivity index is 1.67. The Hall–Kier alpha value is -1.26. The van der Waals surface area contributed by atoms with Gasteiger partial charge in [0, 0.05) is 18.0 Å². The van der Waals surface area contributed by atoms with Gasteiger partial charge in [0.25, 0.3) is 0 Å². The van der Waals surface area contributed by atoms with Crippen LogP contribution in [0.25, 0.3) is 0 Å². The van der Waals surface area contributed by atoms with E-state index in [9.17, 15) is 9.59 Å². The van der Waals surface area contributed by atoms with Gasteiger partial charge in [0.2, 0.25) is 5.91 Å². The molecule has 0 unspecified atom stereocenters. The van der Waals surface area contributed by atoms with E-state index in [-0.39, 0.29) is 23.5 Å². The SMILES string of the molecule is C[C@H](C(=O)NCCC1(NC(=O)OC(C)(C)C)CC1)C1CC1. The minimum absolute atomic E-state index is 0.124. The van der Waals surface area contributed by atoms with E-state index in [4.69, 9.17) is 4.74 Å². The highest BCUT2D eigenvalue weighted by molar-refractivity contribution is 5.78. The van der Waals surface area contributed by atoms with Gasteiger partial charge in [0.1, 0.15) is 5.60 Å². The van der Waals surface area contributed by atoms with Crippen molar-refractivity contribution in [1.29, 1.82) is 0 Å². The second kappa shape index (κ2) is 5.85. The monoisotopic (exact) mass is 296 g/mol. The normalized spacial score (nSPS) is 21.3. The molecular formula is C16H28N2O3. The number of alkyl carbamates (subject to hydrolysis) is 1. The van der Waals surface area contributed by atoms with Crippen molar-refractivity contribution < 1.29 is 14.3 Å². The number of hydrogen-bond acceptors (Lipinski definition) is 3. The van der Waals surface area contributed by atoms with Crippen LogP contribution in [0.4, 0.5) is 4.79 Å². The first-order valence-electron chi connectivity index (χ1n) is 8.00. The van der Waals surface area contributed by atoms with Gasteiger partial charge in [0.15, 0.2) is 0 Å². The molecule has 1 atom stereocenters. The molecule has 2 N–H and O–H groups in total. The Bertz CT molecular complexity index is 406. The van der Waals surface area contributed by atoms with Crippen LogP contribution >= 0.6 is 0 Å². The zero-order chi connectivity index (χ0) is 15.7. The molecule has 0 aliphatic heterocycles. The van der Waals surface area contributed by atoms with Gasteiger partial charge < -0.3 is 15.4 Å². The highest BCUT2D eigenvalue weighted by Crippen LogP contribution is 2.39. The summed E-state index contributed by atoms with van der Waals surface area (Å²) < 4.78 is 5.28. The molecule has 0 bridgehead atoms. The van der Waals surface area contributed by atoms with Crippen LogP contribution in [0.15, 0.2) is 0 Å². The lowest BCUT2D eigenvalue weighted by Gasteiger charge is -2.23. The fraction of sp³-hybridized carbons (Fsp3) is 0.875. The molecule has 5 heteroatoms. The van der Waals surface area contributed by atoms with Crippen molar-refractivity contribution in [3.05, 3.63) is 0 Å². The maximum absolute atomic E-state index is 11.9. The van der Waals surface area contributed by atoms with E-state index in [0.717, 1.165) is 19.3 Å². The molecule has 5 nitrogen and oxygen atoms in total. The van der Waals surface area contributed by atoms with E-state index < -0.39 is 5.60 Å². The summed E-state index contributed by atoms with van der Waals surface area (Å²) in [6.07, 6.45) is 4.69. The number of ether oxygens (including phenoxy) is 1. The molecule has 21 heavy (non-hydrogen) atoms. The quantitative estimate of drug-likeness (QED) is 0.791. The number of carbonyl (C=O) groups is 2. The lowest BCUT2D eigenvalue weighted by atomic mass is 10.1. The third-order valence-corrected chi connectivity index (χ3v) is 4.27. The second-order valence-electron chi connectivity index (χ2n) is 7.57. The second-order valence-corrected chi connectivity index (χ2v) is 7.57. The summed E-state index contributed by atoms with van der Waals surface area (Å²) in [6.45, 7) is 8.17. The van der Waals surface area contributed by atoms with Crippen LogP contribution in [-0.4, -0.2) is 29.7 Å². The van der Waals surface area contributed by atoms with E-state index in [2.05, 4.69) is 10.6 Å². The van der Waals surface area contributed by atoms with Crippen LogP contribution in [0, 0.1) is 11.8 Å². The average Bonchev–Trinajstić information content (AvgIpc) is 3.19. The first-order valence-corrected chi connectivity index (χ1v) is 8.00. The lowest BCUT2D eigenvalue weighted by molar-refractivity contribution is -0.125. The molecule has 2 fully saturated rings. The summed E-state index contributed by atoms with van der Waals surface area (Å²) in [4.78, 5) is 23.7. The van der Waals surface area contributed by atoms with Crippen LogP contribution in [0.2, 0.25) is 0 Å². The van der Waals surface area contributed by atoms with Gasteiger partial charge in [-0.2, -0.15) is 0 Å². The summed E-state index contributed by atoms with van der Waals surface area (Å²) in [6, 6.07) is 0. The van der Waals surface area contributed by atoms with Crippen LogP contribution in [0.1, 0.15) is 59.8 Å². The lowest BCUT2D eigenvalue weighted by Crippen LogP contribution is -2.43. The van der Waals surface area contributed by atoms with Crippen molar-refractivity contribution in [2.24, 2.45) is 11.8 Å². The molecule has 0 saturated heterocycles. The van der Waals surface area contributed by atoms with Gasteiger partial charge in [-0.05, 0) is 58.8 Å². The zero-order valence-corrected chi connectivity index (χ0v) is 13.6. The molecule has 2 amide bonds. The van der Waals surface area contributed by atoms with Crippen LogP contribution in [-0.2, 0) is 9.53 Å². The minimum atomic E-state index is -0.478. The molecule has 0 aromatic rings. The molecule has 0 aromatic heterocycles. The maximum Gasteiger partial charge on any atom is 0.408 e. The van der Waals surface area contributed by atoms with E-state index in [1.807, 2.05) is 27.7 Å². The molecule has 0 heterocycles. The largest absolute Gasteiger partial charge is 0.444 e. The van der Waals surface area contributed by atoms with E-state index in [1.165, 1.54) is 12.8 Å². The number of hydrogen-bond donors (Lipinski definition) is 2. The predicted octanol–water partition coefficient (Wildman–Crippen LogP) is 2.60. The van der Waals surface area contributed by atoms with Gasteiger partial charge in [-0.1, -0.05) is 6.92 Å². The topological polar surface area (TPSA) is 67.4 Å². The summed E-state index contributed by atoms with van der Waals surface area (Å²) in [5.74, 6) is 0.851.